The van der Waals surface area contributed by atoms with Crippen LogP contribution < -0.4 is 4.90 Å². The van der Waals surface area contributed by atoms with Crippen molar-refractivity contribution in [3.8, 4) is 0 Å². The van der Waals surface area contributed by atoms with Crippen LogP contribution in [0.3, 0.4) is 0 Å². The molecule has 0 aromatic carbocycles. The van der Waals surface area contributed by atoms with Gasteiger partial charge in [-0.3, -0.25) is 14.5 Å². The quantitative estimate of drug-likeness (QED) is 0.818. The second kappa shape index (κ2) is 7.37. The van der Waals surface area contributed by atoms with E-state index >= 15 is 0 Å². The SMILES string of the molecule is Cn1cc(CCC(=O)N(C[C@@H]2CCCO2)c2ccncc2)cn1. The number of aryl methyl sites for hydroxylation is 2. The number of carbonyl (C=O) groups excluding carboxylic acids is 1. The van der Waals surface area contributed by atoms with Gasteiger partial charge in [0.15, 0.2) is 0 Å². The molecule has 0 saturated carbocycles. The van der Waals surface area contributed by atoms with E-state index in [-0.39, 0.29) is 12.0 Å². The molecule has 2 aromatic heterocycles. The molecule has 1 fully saturated rings. The molecule has 0 N–H and O–H groups in total. The smallest absolute Gasteiger partial charge is 0.227 e. The normalized spacial score (nSPS) is 17.3. The predicted octanol–water partition coefficient (Wildman–Crippen LogP) is 1.96. The molecule has 2 aromatic rings. The summed E-state index contributed by atoms with van der Waals surface area (Å²) in [6, 6.07) is 3.74. The third-order valence-electron chi connectivity index (χ3n) is 4.07. The van der Waals surface area contributed by atoms with Crippen molar-refractivity contribution >= 4 is 11.6 Å². The Balaban J connectivity index is 1.67. The zero-order chi connectivity index (χ0) is 16.1. The molecule has 1 saturated heterocycles. The average Bonchev–Trinajstić information content (AvgIpc) is 3.23. The first-order valence-electron chi connectivity index (χ1n) is 8.02. The lowest BCUT2D eigenvalue weighted by atomic mass is 10.1. The van der Waals surface area contributed by atoms with E-state index in [1.807, 2.05) is 36.5 Å². The fourth-order valence-corrected chi connectivity index (χ4v) is 2.85. The van der Waals surface area contributed by atoms with Crippen LogP contribution in [0.5, 0.6) is 0 Å². The van der Waals surface area contributed by atoms with Crippen LogP contribution in [0.15, 0.2) is 36.9 Å². The molecular formula is C17H22N4O2. The number of ether oxygens (including phenoxy) is 1. The maximum Gasteiger partial charge on any atom is 0.227 e. The molecule has 0 spiro atoms. The second-order valence-corrected chi connectivity index (χ2v) is 5.87. The van der Waals surface area contributed by atoms with Crippen molar-refractivity contribution in [3.05, 3.63) is 42.5 Å². The predicted molar refractivity (Wildman–Crippen MR) is 87.1 cm³/mol. The van der Waals surface area contributed by atoms with Crippen LogP contribution in [-0.2, 0) is 23.0 Å². The van der Waals surface area contributed by atoms with Gasteiger partial charge in [-0.2, -0.15) is 5.10 Å². The Morgan fingerprint density at radius 3 is 2.91 bits per heavy atom. The summed E-state index contributed by atoms with van der Waals surface area (Å²) in [5.74, 6) is 0.107. The lowest BCUT2D eigenvalue weighted by Crippen LogP contribution is -2.37. The van der Waals surface area contributed by atoms with E-state index in [0.717, 1.165) is 30.7 Å². The maximum atomic E-state index is 12.7. The summed E-state index contributed by atoms with van der Waals surface area (Å²) in [6.45, 7) is 1.40. The van der Waals surface area contributed by atoms with Crippen molar-refractivity contribution in [1.29, 1.82) is 0 Å². The number of hydrogen-bond acceptors (Lipinski definition) is 4. The zero-order valence-corrected chi connectivity index (χ0v) is 13.4. The summed E-state index contributed by atoms with van der Waals surface area (Å²) < 4.78 is 7.46. The zero-order valence-electron chi connectivity index (χ0n) is 13.4. The van der Waals surface area contributed by atoms with Gasteiger partial charge < -0.3 is 9.64 Å². The van der Waals surface area contributed by atoms with Crippen LogP contribution in [0.2, 0.25) is 0 Å². The Kier molecular flexibility index (Phi) is 5.02. The van der Waals surface area contributed by atoms with Crippen LogP contribution in [0.1, 0.15) is 24.8 Å². The molecule has 122 valence electrons. The number of aromatic nitrogens is 3. The maximum absolute atomic E-state index is 12.7. The van der Waals surface area contributed by atoms with E-state index in [2.05, 4.69) is 10.1 Å². The van der Waals surface area contributed by atoms with Gasteiger partial charge in [-0.25, -0.2) is 0 Å². The summed E-state index contributed by atoms with van der Waals surface area (Å²) >= 11 is 0. The number of amides is 1. The molecule has 0 radical (unpaired) electrons. The Hall–Kier alpha value is -2.21. The molecule has 23 heavy (non-hydrogen) atoms. The summed E-state index contributed by atoms with van der Waals surface area (Å²) in [4.78, 5) is 18.6. The van der Waals surface area contributed by atoms with E-state index in [0.29, 0.717) is 19.4 Å². The summed E-state index contributed by atoms with van der Waals surface area (Å²) in [7, 11) is 1.88. The van der Waals surface area contributed by atoms with Crippen LogP contribution >= 0.6 is 0 Å². The molecule has 1 atom stereocenters. The Labute approximate surface area is 136 Å². The largest absolute Gasteiger partial charge is 0.376 e. The molecule has 3 heterocycles. The van der Waals surface area contributed by atoms with Crippen LogP contribution in [0, 0.1) is 0 Å². The van der Waals surface area contributed by atoms with Crippen molar-refractivity contribution < 1.29 is 9.53 Å². The van der Waals surface area contributed by atoms with E-state index in [1.54, 1.807) is 17.1 Å². The Morgan fingerprint density at radius 2 is 2.26 bits per heavy atom. The van der Waals surface area contributed by atoms with Crippen LogP contribution in [-0.4, -0.2) is 39.9 Å². The van der Waals surface area contributed by atoms with Gasteiger partial charge in [0.1, 0.15) is 0 Å². The minimum atomic E-state index is 0.107. The van der Waals surface area contributed by atoms with Gasteiger partial charge in [-0.1, -0.05) is 0 Å². The number of rotatable bonds is 6. The van der Waals surface area contributed by atoms with Crippen molar-refractivity contribution in [3.63, 3.8) is 0 Å². The molecule has 6 heteroatoms. The van der Waals surface area contributed by atoms with Crippen molar-refractivity contribution in [2.75, 3.05) is 18.1 Å². The minimum absolute atomic E-state index is 0.107. The first-order chi connectivity index (χ1) is 11.2. The van der Waals surface area contributed by atoms with Gasteiger partial charge in [-0.15, -0.1) is 0 Å². The molecular weight excluding hydrogens is 292 g/mol. The molecule has 0 aliphatic carbocycles. The highest BCUT2D eigenvalue weighted by Gasteiger charge is 2.23. The number of nitrogens with zero attached hydrogens (tertiary/aromatic N) is 4. The van der Waals surface area contributed by atoms with E-state index in [1.165, 1.54) is 0 Å². The molecule has 1 aliphatic heterocycles. The minimum Gasteiger partial charge on any atom is -0.376 e. The molecule has 1 aliphatic rings. The average molecular weight is 314 g/mol. The monoisotopic (exact) mass is 314 g/mol. The highest BCUT2D eigenvalue weighted by atomic mass is 16.5. The summed E-state index contributed by atoms with van der Waals surface area (Å²) in [5, 5.41) is 4.14. The van der Waals surface area contributed by atoms with Gasteiger partial charge in [0.2, 0.25) is 5.91 Å². The number of pyridine rings is 1. The van der Waals surface area contributed by atoms with Gasteiger partial charge in [0.05, 0.1) is 18.8 Å². The fraction of sp³-hybridized carbons (Fsp3) is 0.471. The van der Waals surface area contributed by atoms with E-state index in [9.17, 15) is 4.79 Å². The Bertz CT molecular complexity index is 635. The number of anilines is 1. The molecule has 6 nitrogen and oxygen atoms in total. The highest BCUT2D eigenvalue weighted by Crippen LogP contribution is 2.20. The van der Waals surface area contributed by atoms with Crippen LogP contribution in [0.4, 0.5) is 5.69 Å². The Morgan fingerprint density at radius 1 is 1.43 bits per heavy atom. The van der Waals surface area contributed by atoms with Gasteiger partial charge in [0.25, 0.3) is 0 Å². The molecule has 3 rings (SSSR count). The summed E-state index contributed by atoms with van der Waals surface area (Å²) in [6.07, 6.45) is 10.6. The lowest BCUT2D eigenvalue weighted by Gasteiger charge is -2.25. The lowest BCUT2D eigenvalue weighted by molar-refractivity contribution is -0.119. The van der Waals surface area contributed by atoms with E-state index in [4.69, 9.17) is 4.74 Å². The first-order valence-corrected chi connectivity index (χ1v) is 8.02. The number of carbonyl (C=O) groups is 1. The van der Waals surface area contributed by atoms with Gasteiger partial charge in [-0.05, 0) is 37.0 Å². The first kappa shape index (κ1) is 15.7. The number of hydrogen-bond donors (Lipinski definition) is 0. The summed E-state index contributed by atoms with van der Waals surface area (Å²) in [5.41, 5.74) is 1.96. The highest BCUT2D eigenvalue weighted by molar-refractivity contribution is 5.93. The van der Waals surface area contributed by atoms with E-state index < -0.39 is 0 Å². The third kappa shape index (κ3) is 4.16. The molecule has 0 unspecified atom stereocenters. The van der Waals surface area contributed by atoms with Crippen molar-refractivity contribution in [2.45, 2.75) is 31.8 Å². The second-order valence-electron chi connectivity index (χ2n) is 5.87. The van der Waals surface area contributed by atoms with Crippen molar-refractivity contribution in [1.82, 2.24) is 14.8 Å². The van der Waals surface area contributed by atoms with Gasteiger partial charge >= 0.3 is 0 Å². The topological polar surface area (TPSA) is 60.2 Å². The molecule has 0 bridgehead atoms. The molecule has 1 amide bonds. The van der Waals surface area contributed by atoms with Crippen LogP contribution in [0.25, 0.3) is 0 Å². The van der Waals surface area contributed by atoms with Crippen molar-refractivity contribution in [2.24, 2.45) is 7.05 Å². The third-order valence-corrected chi connectivity index (χ3v) is 4.07. The van der Waals surface area contributed by atoms with Gasteiger partial charge in [0, 0.05) is 44.4 Å². The standard InChI is InChI=1S/C17H22N4O2/c1-20-12-14(11-19-20)4-5-17(22)21(13-16-3-2-10-23-16)15-6-8-18-9-7-15/h6-9,11-12,16H,2-5,10,13H2,1H3/t16-/m0/s1. The fourth-order valence-electron chi connectivity index (χ4n) is 2.85.